The van der Waals surface area contributed by atoms with E-state index >= 15 is 0 Å². The summed E-state index contributed by atoms with van der Waals surface area (Å²) in [5, 5.41) is 11.7. The second-order valence-electron chi connectivity index (χ2n) is 9.25. The summed E-state index contributed by atoms with van der Waals surface area (Å²) >= 11 is 0. The highest BCUT2D eigenvalue weighted by Crippen LogP contribution is 2.39. The number of carbonyl (C=O) groups is 1. The molecule has 1 atom stereocenters. The van der Waals surface area contributed by atoms with Crippen molar-refractivity contribution in [1.82, 2.24) is 4.90 Å². The zero-order chi connectivity index (χ0) is 25.2. The van der Waals surface area contributed by atoms with Crippen LogP contribution in [-0.4, -0.2) is 35.9 Å². The van der Waals surface area contributed by atoms with E-state index in [9.17, 15) is 9.90 Å². The highest BCUT2D eigenvalue weighted by Gasteiger charge is 2.27. The van der Waals surface area contributed by atoms with Gasteiger partial charge < -0.3 is 24.2 Å². The van der Waals surface area contributed by atoms with Crippen LogP contribution in [0, 0.1) is 0 Å². The van der Waals surface area contributed by atoms with Gasteiger partial charge in [-0.3, -0.25) is 4.79 Å². The first-order chi connectivity index (χ1) is 18.2. The van der Waals surface area contributed by atoms with Gasteiger partial charge in [-0.1, -0.05) is 66.7 Å². The van der Waals surface area contributed by atoms with Crippen molar-refractivity contribution >= 4 is 5.91 Å². The molecule has 6 nitrogen and oxygen atoms in total. The van der Waals surface area contributed by atoms with Gasteiger partial charge in [0.05, 0.1) is 12.6 Å². The maximum atomic E-state index is 13.4. The molecule has 4 aromatic rings. The molecule has 0 radical (unpaired) electrons. The third-order valence-electron chi connectivity index (χ3n) is 6.95. The van der Waals surface area contributed by atoms with Crippen molar-refractivity contribution in [2.75, 3.05) is 19.9 Å². The Morgan fingerprint density at radius 3 is 2.14 bits per heavy atom. The van der Waals surface area contributed by atoms with E-state index < -0.39 is 6.10 Å². The Morgan fingerprint density at radius 2 is 1.41 bits per heavy atom. The smallest absolute Gasteiger partial charge is 0.254 e. The average Bonchev–Trinajstić information content (AvgIpc) is 3.31. The van der Waals surface area contributed by atoms with Crippen LogP contribution in [0.15, 0.2) is 97.1 Å². The molecule has 0 aliphatic carbocycles. The molecule has 186 valence electrons. The van der Waals surface area contributed by atoms with Crippen LogP contribution < -0.4 is 14.2 Å². The van der Waals surface area contributed by atoms with Gasteiger partial charge in [-0.15, -0.1) is 0 Å². The molecule has 6 heteroatoms. The fourth-order valence-electron chi connectivity index (χ4n) is 5.05. The van der Waals surface area contributed by atoms with Gasteiger partial charge in [0.25, 0.3) is 5.91 Å². The molecule has 2 heterocycles. The van der Waals surface area contributed by atoms with E-state index in [4.69, 9.17) is 14.2 Å². The van der Waals surface area contributed by atoms with Gasteiger partial charge in [0.15, 0.2) is 11.5 Å². The number of amides is 1. The van der Waals surface area contributed by atoms with E-state index in [1.54, 1.807) is 23.1 Å². The van der Waals surface area contributed by atoms with Crippen LogP contribution in [0.1, 0.15) is 44.6 Å². The van der Waals surface area contributed by atoms with Crippen molar-refractivity contribution < 1.29 is 24.1 Å². The lowest BCUT2D eigenvalue weighted by Gasteiger charge is -2.25. The fourth-order valence-corrected chi connectivity index (χ4v) is 5.05. The van der Waals surface area contributed by atoms with Crippen LogP contribution in [0.25, 0.3) is 0 Å². The highest BCUT2D eigenvalue weighted by atomic mass is 16.7. The SMILES string of the molecule is O=C(c1ccc2c(c1)OCO2)N1CCOc2ccc(C(O)C(c3ccccc3)c3ccccc3)cc2C1. The lowest BCUT2D eigenvalue weighted by molar-refractivity contribution is 0.0733. The standard InChI is InChI=1S/C31H27NO5/c33-30(29(21-7-3-1-4-8-21)22-9-5-2-6-10-22)23-11-13-26-25(17-23)19-32(15-16-35-26)31(34)24-12-14-27-28(18-24)37-20-36-27/h1-14,17-18,29-30,33H,15-16,19-20H2. The maximum Gasteiger partial charge on any atom is 0.254 e. The van der Waals surface area contributed by atoms with Crippen molar-refractivity contribution in [3.05, 3.63) is 125 Å². The first-order valence-electron chi connectivity index (χ1n) is 12.4. The number of hydrogen-bond acceptors (Lipinski definition) is 5. The molecule has 0 fully saturated rings. The molecular formula is C31H27NO5. The van der Waals surface area contributed by atoms with Gasteiger partial charge in [-0.05, 0) is 47.0 Å². The molecule has 37 heavy (non-hydrogen) atoms. The summed E-state index contributed by atoms with van der Waals surface area (Å²) in [7, 11) is 0. The Balaban J connectivity index is 1.30. The monoisotopic (exact) mass is 493 g/mol. The Morgan fingerprint density at radius 1 is 0.730 bits per heavy atom. The first-order valence-corrected chi connectivity index (χ1v) is 12.4. The molecule has 0 saturated heterocycles. The lowest BCUT2D eigenvalue weighted by atomic mass is 9.83. The molecular weight excluding hydrogens is 466 g/mol. The van der Waals surface area contributed by atoms with Gasteiger partial charge in [0.1, 0.15) is 12.4 Å². The molecule has 1 amide bonds. The second-order valence-corrected chi connectivity index (χ2v) is 9.25. The van der Waals surface area contributed by atoms with Crippen molar-refractivity contribution in [1.29, 1.82) is 0 Å². The van der Waals surface area contributed by atoms with Crippen molar-refractivity contribution in [3.63, 3.8) is 0 Å². The predicted octanol–water partition coefficient (Wildman–Crippen LogP) is 5.32. The second kappa shape index (κ2) is 9.99. The number of benzene rings is 4. The van der Waals surface area contributed by atoms with E-state index in [1.807, 2.05) is 78.9 Å². The van der Waals surface area contributed by atoms with Gasteiger partial charge in [0, 0.05) is 23.6 Å². The normalized spacial score (nSPS) is 15.0. The average molecular weight is 494 g/mol. The van der Waals surface area contributed by atoms with E-state index in [0.717, 1.165) is 28.0 Å². The summed E-state index contributed by atoms with van der Waals surface area (Å²) < 4.78 is 16.8. The van der Waals surface area contributed by atoms with Crippen LogP contribution in [0.3, 0.4) is 0 Å². The minimum absolute atomic E-state index is 0.104. The number of rotatable bonds is 5. The molecule has 6 rings (SSSR count). The number of aliphatic hydroxyl groups is 1. The Bertz CT molecular complexity index is 1370. The quantitative estimate of drug-likeness (QED) is 0.408. The zero-order valence-electron chi connectivity index (χ0n) is 20.2. The zero-order valence-corrected chi connectivity index (χ0v) is 20.2. The van der Waals surface area contributed by atoms with Gasteiger partial charge in [0.2, 0.25) is 6.79 Å². The summed E-state index contributed by atoms with van der Waals surface area (Å²) in [6.07, 6.45) is -0.781. The Kier molecular flexibility index (Phi) is 6.25. The number of fused-ring (bicyclic) bond motifs is 2. The summed E-state index contributed by atoms with van der Waals surface area (Å²) in [6.45, 7) is 1.39. The van der Waals surface area contributed by atoms with Crippen molar-refractivity contribution in [2.24, 2.45) is 0 Å². The number of carbonyl (C=O) groups excluding carboxylic acids is 1. The van der Waals surface area contributed by atoms with Crippen molar-refractivity contribution in [3.8, 4) is 17.2 Å². The van der Waals surface area contributed by atoms with Crippen LogP contribution in [0.5, 0.6) is 17.2 Å². The minimum atomic E-state index is -0.781. The molecule has 4 aromatic carbocycles. The van der Waals surface area contributed by atoms with Gasteiger partial charge >= 0.3 is 0 Å². The number of ether oxygens (including phenoxy) is 3. The molecule has 0 aromatic heterocycles. The Hall–Kier alpha value is -4.29. The molecule has 1 N–H and O–H groups in total. The molecule has 2 aliphatic rings. The minimum Gasteiger partial charge on any atom is -0.491 e. The highest BCUT2D eigenvalue weighted by molar-refractivity contribution is 5.95. The van der Waals surface area contributed by atoms with Gasteiger partial charge in [-0.2, -0.15) is 0 Å². The van der Waals surface area contributed by atoms with Crippen LogP contribution in [0.4, 0.5) is 0 Å². The first kappa shape index (κ1) is 23.1. The topological polar surface area (TPSA) is 68.2 Å². The molecule has 0 bridgehead atoms. The fraction of sp³-hybridized carbons (Fsp3) is 0.194. The third-order valence-corrected chi connectivity index (χ3v) is 6.95. The van der Waals surface area contributed by atoms with Crippen LogP contribution >= 0.6 is 0 Å². The summed E-state index contributed by atoms with van der Waals surface area (Å²) in [5.74, 6) is 1.61. The van der Waals surface area contributed by atoms with E-state index in [-0.39, 0.29) is 18.6 Å². The summed E-state index contributed by atoms with van der Waals surface area (Å²) in [5.41, 5.74) is 4.25. The predicted molar refractivity (Wildman–Crippen MR) is 139 cm³/mol. The van der Waals surface area contributed by atoms with E-state index in [0.29, 0.717) is 36.8 Å². The van der Waals surface area contributed by atoms with E-state index in [1.165, 1.54) is 0 Å². The van der Waals surface area contributed by atoms with Crippen molar-refractivity contribution in [2.45, 2.75) is 18.6 Å². The Labute approximate surface area is 215 Å². The molecule has 2 aliphatic heterocycles. The molecule has 0 spiro atoms. The van der Waals surface area contributed by atoms with E-state index in [2.05, 4.69) is 0 Å². The summed E-state index contributed by atoms with van der Waals surface area (Å²) in [4.78, 5) is 15.2. The van der Waals surface area contributed by atoms with Crippen LogP contribution in [-0.2, 0) is 6.54 Å². The summed E-state index contributed by atoms with van der Waals surface area (Å²) in [6, 6.07) is 31.1. The van der Waals surface area contributed by atoms with Gasteiger partial charge in [-0.25, -0.2) is 0 Å². The number of nitrogens with zero attached hydrogens (tertiary/aromatic N) is 1. The molecule has 1 unspecified atom stereocenters. The molecule has 0 saturated carbocycles. The third kappa shape index (κ3) is 4.63. The van der Waals surface area contributed by atoms with Crippen LogP contribution in [0.2, 0.25) is 0 Å². The number of aliphatic hydroxyl groups excluding tert-OH is 1. The number of hydrogen-bond donors (Lipinski definition) is 1. The largest absolute Gasteiger partial charge is 0.491 e. The maximum absolute atomic E-state index is 13.4. The lowest BCUT2D eigenvalue weighted by Crippen LogP contribution is -2.32.